The molecule has 110 valence electrons. The first-order valence-corrected chi connectivity index (χ1v) is 7.45. The van der Waals surface area contributed by atoms with Gasteiger partial charge in [-0.3, -0.25) is 4.79 Å². The second kappa shape index (κ2) is 5.57. The molecule has 0 saturated heterocycles. The molecule has 0 radical (unpaired) electrons. The molecule has 0 amide bonds. The van der Waals surface area contributed by atoms with Crippen molar-refractivity contribution in [1.82, 2.24) is 0 Å². The zero-order valence-electron chi connectivity index (χ0n) is 11.8. The third kappa shape index (κ3) is 2.98. The molecule has 4 heteroatoms. The van der Waals surface area contributed by atoms with Crippen molar-refractivity contribution in [2.45, 2.75) is 25.2 Å². The third-order valence-corrected chi connectivity index (χ3v) is 4.37. The molecule has 0 aromatic heterocycles. The van der Waals surface area contributed by atoms with Crippen LogP contribution in [-0.2, 0) is 4.79 Å². The average Bonchev–Trinajstić information content (AvgIpc) is 3.27. The summed E-state index contributed by atoms with van der Waals surface area (Å²) in [5.74, 6) is 0.468. The first-order valence-electron chi connectivity index (χ1n) is 7.07. The number of ether oxygens (including phenoxy) is 1. The molecule has 1 atom stereocenters. The molecular formula is C17H17ClO3. The minimum absolute atomic E-state index is 0.0147. The molecule has 2 aromatic carbocycles. The van der Waals surface area contributed by atoms with E-state index >= 15 is 0 Å². The van der Waals surface area contributed by atoms with Crippen LogP contribution in [0.4, 0.5) is 0 Å². The van der Waals surface area contributed by atoms with Crippen LogP contribution in [0, 0.1) is 5.92 Å². The van der Waals surface area contributed by atoms with E-state index in [2.05, 4.69) is 0 Å². The van der Waals surface area contributed by atoms with Crippen LogP contribution in [0.2, 0.25) is 5.02 Å². The van der Waals surface area contributed by atoms with Gasteiger partial charge in [-0.25, -0.2) is 0 Å². The summed E-state index contributed by atoms with van der Waals surface area (Å²) in [6, 6.07) is 9.71. The van der Waals surface area contributed by atoms with Gasteiger partial charge in [0, 0.05) is 10.9 Å². The lowest BCUT2D eigenvalue weighted by molar-refractivity contribution is -0.137. The Morgan fingerprint density at radius 3 is 2.71 bits per heavy atom. The number of hydrogen-bond acceptors (Lipinski definition) is 2. The van der Waals surface area contributed by atoms with Crippen LogP contribution in [0.5, 0.6) is 5.75 Å². The Bertz CT molecular complexity index is 692. The van der Waals surface area contributed by atoms with Crippen LogP contribution < -0.4 is 4.74 Å². The number of benzene rings is 2. The van der Waals surface area contributed by atoms with E-state index in [0.717, 1.165) is 34.9 Å². The Labute approximate surface area is 128 Å². The molecule has 0 aliphatic heterocycles. The third-order valence-electron chi connectivity index (χ3n) is 4.14. The number of fused-ring (bicyclic) bond motifs is 1. The number of aliphatic carboxylic acids is 1. The predicted molar refractivity (Wildman–Crippen MR) is 83.2 cm³/mol. The highest BCUT2D eigenvalue weighted by Gasteiger charge is 2.35. The van der Waals surface area contributed by atoms with Gasteiger partial charge in [0.05, 0.1) is 13.5 Å². The highest BCUT2D eigenvalue weighted by atomic mass is 35.5. The van der Waals surface area contributed by atoms with Crippen molar-refractivity contribution in [3.8, 4) is 5.75 Å². The Morgan fingerprint density at radius 2 is 2.10 bits per heavy atom. The van der Waals surface area contributed by atoms with Crippen LogP contribution in [-0.4, -0.2) is 18.2 Å². The molecule has 0 bridgehead atoms. The standard InChI is InChI=1S/C17H17ClO3/c1-21-16-8-11-4-5-13(18)6-12(11)7-15(16)14(9-17(19)20)10-2-3-10/h4-8,10,14H,2-3,9H2,1H3,(H,19,20). The molecule has 1 saturated carbocycles. The lowest BCUT2D eigenvalue weighted by Gasteiger charge is -2.19. The summed E-state index contributed by atoms with van der Waals surface area (Å²) in [5, 5.41) is 11.9. The first kappa shape index (κ1) is 14.2. The quantitative estimate of drug-likeness (QED) is 0.886. The van der Waals surface area contributed by atoms with Crippen LogP contribution in [0.3, 0.4) is 0 Å². The lowest BCUT2D eigenvalue weighted by atomic mass is 9.88. The largest absolute Gasteiger partial charge is 0.496 e. The minimum atomic E-state index is -0.764. The molecule has 1 aliphatic rings. The fraction of sp³-hybridized carbons (Fsp3) is 0.353. The van der Waals surface area contributed by atoms with Crippen molar-refractivity contribution in [3.05, 3.63) is 40.9 Å². The molecule has 2 aromatic rings. The summed E-state index contributed by atoms with van der Waals surface area (Å²) < 4.78 is 5.50. The maximum absolute atomic E-state index is 11.2. The molecule has 1 aliphatic carbocycles. The second-order valence-corrected chi connectivity index (χ2v) is 6.06. The molecule has 3 rings (SSSR count). The van der Waals surface area contributed by atoms with Crippen LogP contribution in [0.1, 0.15) is 30.7 Å². The van der Waals surface area contributed by atoms with Crippen molar-refractivity contribution in [3.63, 3.8) is 0 Å². The Morgan fingerprint density at radius 1 is 1.33 bits per heavy atom. The van der Waals surface area contributed by atoms with Gasteiger partial charge in [-0.05, 0) is 59.4 Å². The van der Waals surface area contributed by atoms with Gasteiger partial charge in [0.2, 0.25) is 0 Å². The highest BCUT2D eigenvalue weighted by molar-refractivity contribution is 6.31. The minimum Gasteiger partial charge on any atom is -0.496 e. The second-order valence-electron chi connectivity index (χ2n) is 5.63. The summed E-state index contributed by atoms with van der Waals surface area (Å²) in [5.41, 5.74) is 0.983. The van der Waals surface area contributed by atoms with Gasteiger partial charge in [-0.1, -0.05) is 17.7 Å². The summed E-state index contributed by atoms with van der Waals surface area (Å²) in [6.45, 7) is 0. The molecule has 1 fully saturated rings. The van der Waals surface area contributed by atoms with Crippen molar-refractivity contribution in [2.75, 3.05) is 7.11 Å². The van der Waals surface area contributed by atoms with Crippen molar-refractivity contribution >= 4 is 28.3 Å². The zero-order chi connectivity index (χ0) is 15.0. The van der Waals surface area contributed by atoms with E-state index in [4.69, 9.17) is 16.3 Å². The van der Waals surface area contributed by atoms with Gasteiger partial charge in [-0.2, -0.15) is 0 Å². The van der Waals surface area contributed by atoms with E-state index in [0.29, 0.717) is 10.9 Å². The average molecular weight is 305 g/mol. The summed E-state index contributed by atoms with van der Waals surface area (Å²) in [7, 11) is 1.63. The van der Waals surface area contributed by atoms with Gasteiger partial charge in [0.15, 0.2) is 0 Å². The molecule has 0 spiro atoms. The van der Waals surface area contributed by atoms with Gasteiger partial charge in [-0.15, -0.1) is 0 Å². The number of carboxylic acid groups (broad SMARTS) is 1. The SMILES string of the molecule is COc1cc2ccc(Cl)cc2cc1C(CC(=O)O)C1CC1. The summed E-state index contributed by atoms with van der Waals surface area (Å²) in [4.78, 5) is 11.2. The van der Waals surface area contributed by atoms with Gasteiger partial charge in [0.1, 0.15) is 5.75 Å². The Balaban J connectivity index is 2.11. The molecule has 1 N–H and O–H groups in total. The Hall–Kier alpha value is -1.74. The molecular weight excluding hydrogens is 288 g/mol. The molecule has 1 unspecified atom stereocenters. The first-order chi connectivity index (χ1) is 10.1. The zero-order valence-corrected chi connectivity index (χ0v) is 12.6. The number of carbonyl (C=O) groups is 1. The highest BCUT2D eigenvalue weighted by Crippen LogP contribution is 2.47. The summed E-state index contributed by atoms with van der Waals surface area (Å²) in [6.07, 6.45) is 2.33. The summed E-state index contributed by atoms with van der Waals surface area (Å²) >= 11 is 6.06. The Kier molecular flexibility index (Phi) is 3.77. The van der Waals surface area contributed by atoms with Crippen LogP contribution in [0.25, 0.3) is 10.8 Å². The number of carboxylic acids is 1. The van der Waals surface area contributed by atoms with E-state index in [9.17, 15) is 9.90 Å². The van der Waals surface area contributed by atoms with E-state index in [1.807, 2.05) is 30.3 Å². The van der Waals surface area contributed by atoms with Gasteiger partial charge >= 0.3 is 5.97 Å². The number of hydrogen-bond donors (Lipinski definition) is 1. The number of methoxy groups -OCH3 is 1. The predicted octanol–water partition coefficient (Wildman–Crippen LogP) is 4.47. The topological polar surface area (TPSA) is 46.5 Å². The normalized spacial score (nSPS) is 15.9. The number of halogens is 1. The van der Waals surface area contributed by atoms with E-state index in [1.54, 1.807) is 7.11 Å². The van der Waals surface area contributed by atoms with Crippen molar-refractivity contribution in [2.24, 2.45) is 5.92 Å². The van der Waals surface area contributed by atoms with E-state index < -0.39 is 5.97 Å². The van der Waals surface area contributed by atoms with Gasteiger partial charge in [0.25, 0.3) is 0 Å². The molecule has 3 nitrogen and oxygen atoms in total. The van der Waals surface area contributed by atoms with Gasteiger partial charge < -0.3 is 9.84 Å². The van der Waals surface area contributed by atoms with Crippen LogP contribution in [0.15, 0.2) is 30.3 Å². The van der Waals surface area contributed by atoms with E-state index in [-0.39, 0.29) is 12.3 Å². The maximum Gasteiger partial charge on any atom is 0.303 e. The van der Waals surface area contributed by atoms with Crippen molar-refractivity contribution in [1.29, 1.82) is 0 Å². The molecule has 21 heavy (non-hydrogen) atoms. The lowest BCUT2D eigenvalue weighted by Crippen LogP contribution is -2.09. The maximum atomic E-state index is 11.2. The number of rotatable bonds is 5. The van der Waals surface area contributed by atoms with E-state index in [1.165, 1.54) is 0 Å². The molecule has 0 heterocycles. The monoisotopic (exact) mass is 304 g/mol. The van der Waals surface area contributed by atoms with Crippen molar-refractivity contribution < 1.29 is 14.6 Å². The van der Waals surface area contributed by atoms with Crippen LogP contribution >= 0.6 is 11.6 Å². The fourth-order valence-corrected chi connectivity index (χ4v) is 3.13. The smallest absolute Gasteiger partial charge is 0.303 e. The fourth-order valence-electron chi connectivity index (χ4n) is 2.95.